The number of carbonyl (C=O) groups excluding carboxylic acids is 1. The molecular formula is C14H17ClN2O3S. The molecule has 0 aromatic heterocycles. The van der Waals surface area contributed by atoms with Crippen molar-refractivity contribution in [2.24, 2.45) is 0 Å². The first kappa shape index (κ1) is 14.8. The van der Waals surface area contributed by atoms with Crippen LogP contribution in [0.25, 0.3) is 0 Å². The van der Waals surface area contributed by atoms with Crippen LogP contribution >= 0.6 is 10.7 Å². The average Bonchev–Trinajstić information content (AvgIpc) is 3.19. The van der Waals surface area contributed by atoms with Crippen molar-refractivity contribution in [2.75, 3.05) is 13.1 Å². The summed E-state index contributed by atoms with van der Waals surface area (Å²) in [7, 11) is 1.49. The third kappa shape index (κ3) is 3.56. The number of benzene rings is 1. The molecule has 1 saturated carbocycles. The summed E-state index contributed by atoms with van der Waals surface area (Å²) in [6, 6.07) is 6.64. The summed E-state index contributed by atoms with van der Waals surface area (Å²) >= 11 is 0. The first-order chi connectivity index (χ1) is 9.93. The predicted molar refractivity (Wildman–Crippen MR) is 79.9 cm³/mol. The SMILES string of the molecule is O=C(NC1CCN(C2CC2)C1)c1cccc(S(=O)(=O)Cl)c1. The molecule has 0 radical (unpaired) electrons. The number of halogens is 1. The zero-order valence-electron chi connectivity index (χ0n) is 11.5. The van der Waals surface area contributed by atoms with Gasteiger partial charge in [-0.05, 0) is 37.5 Å². The number of rotatable bonds is 4. The molecule has 114 valence electrons. The van der Waals surface area contributed by atoms with Crippen LogP contribution in [0.4, 0.5) is 0 Å². The third-order valence-corrected chi connectivity index (χ3v) is 5.35. The van der Waals surface area contributed by atoms with Crippen LogP contribution in [0.5, 0.6) is 0 Å². The largest absolute Gasteiger partial charge is 0.348 e. The summed E-state index contributed by atoms with van der Waals surface area (Å²) in [6.07, 6.45) is 3.46. The van der Waals surface area contributed by atoms with Gasteiger partial charge in [-0.1, -0.05) is 6.07 Å². The number of nitrogens with one attached hydrogen (secondary N) is 1. The van der Waals surface area contributed by atoms with Crippen LogP contribution in [-0.2, 0) is 9.05 Å². The molecule has 1 saturated heterocycles. The van der Waals surface area contributed by atoms with E-state index in [9.17, 15) is 13.2 Å². The average molecular weight is 329 g/mol. The highest BCUT2D eigenvalue weighted by molar-refractivity contribution is 8.13. The van der Waals surface area contributed by atoms with Gasteiger partial charge >= 0.3 is 0 Å². The van der Waals surface area contributed by atoms with Gasteiger partial charge in [0.15, 0.2) is 0 Å². The van der Waals surface area contributed by atoms with Gasteiger partial charge < -0.3 is 5.32 Å². The topological polar surface area (TPSA) is 66.5 Å². The quantitative estimate of drug-likeness (QED) is 0.852. The zero-order valence-corrected chi connectivity index (χ0v) is 13.0. The van der Waals surface area contributed by atoms with Crippen LogP contribution in [0.1, 0.15) is 29.6 Å². The van der Waals surface area contributed by atoms with Crippen molar-refractivity contribution < 1.29 is 13.2 Å². The van der Waals surface area contributed by atoms with Crippen LogP contribution in [0, 0.1) is 0 Å². The summed E-state index contributed by atoms with van der Waals surface area (Å²) < 4.78 is 22.6. The minimum atomic E-state index is -3.81. The maximum atomic E-state index is 12.2. The maximum absolute atomic E-state index is 12.2. The van der Waals surface area contributed by atoms with Crippen molar-refractivity contribution in [1.82, 2.24) is 10.2 Å². The second-order valence-electron chi connectivity index (χ2n) is 5.65. The molecular weight excluding hydrogens is 312 g/mol. The molecule has 1 N–H and O–H groups in total. The molecule has 1 aliphatic heterocycles. The lowest BCUT2D eigenvalue weighted by molar-refractivity contribution is 0.0937. The standard InChI is InChI=1S/C14H17ClN2O3S/c15-21(19,20)13-3-1-2-10(8-13)14(18)16-11-6-7-17(9-11)12-4-5-12/h1-3,8,11-12H,4-7,9H2,(H,16,18). The van der Waals surface area contributed by atoms with Gasteiger partial charge in [0.25, 0.3) is 15.0 Å². The fourth-order valence-electron chi connectivity index (χ4n) is 2.73. The summed E-state index contributed by atoms with van der Waals surface area (Å²) in [5.74, 6) is -0.250. The van der Waals surface area contributed by atoms with Gasteiger partial charge in [0.1, 0.15) is 0 Å². The lowest BCUT2D eigenvalue weighted by Crippen LogP contribution is -2.37. The van der Waals surface area contributed by atoms with Gasteiger partial charge in [-0.15, -0.1) is 0 Å². The van der Waals surface area contributed by atoms with E-state index in [0.29, 0.717) is 11.6 Å². The molecule has 21 heavy (non-hydrogen) atoms. The highest BCUT2D eigenvalue weighted by Gasteiger charge is 2.34. The highest BCUT2D eigenvalue weighted by Crippen LogP contribution is 2.29. The Morgan fingerprint density at radius 2 is 2.05 bits per heavy atom. The van der Waals surface area contributed by atoms with E-state index in [2.05, 4.69) is 10.2 Å². The molecule has 1 amide bonds. The fourth-order valence-corrected chi connectivity index (χ4v) is 3.53. The van der Waals surface area contributed by atoms with Gasteiger partial charge in [-0.3, -0.25) is 9.69 Å². The Hall–Kier alpha value is -1.11. The molecule has 3 rings (SSSR count). The highest BCUT2D eigenvalue weighted by atomic mass is 35.7. The fraction of sp³-hybridized carbons (Fsp3) is 0.500. The van der Waals surface area contributed by atoms with E-state index in [1.165, 1.54) is 31.0 Å². The zero-order chi connectivity index (χ0) is 15.0. The van der Waals surface area contributed by atoms with E-state index < -0.39 is 9.05 Å². The molecule has 2 aliphatic rings. The molecule has 0 bridgehead atoms. The molecule has 2 fully saturated rings. The minimum absolute atomic E-state index is 0.0529. The first-order valence-corrected chi connectivity index (χ1v) is 9.34. The monoisotopic (exact) mass is 328 g/mol. The molecule has 1 atom stereocenters. The van der Waals surface area contributed by atoms with E-state index in [-0.39, 0.29) is 16.8 Å². The van der Waals surface area contributed by atoms with Gasteiger partial charge in [0.05, 0.1) is 4.90 Å². The van der Waals surface area contributed by atoms with E-state index in [4.69, 9.17) is 10.7 Å². The number of nitrogens with zero attached hydrogens (tertiary/aromatic N) is 1. The Morgan fingerprint density at radius 1 is 1.29 bits per heavy atom. The Kier molecular flexibility index (Phi) is 3.94. The summed E-state index contributed by atoms with van der Waals surface area (Å²) in [5, 5.41) is 2.97. The number of likely N-dealkylation sites (tertiary alicyclic amines) is 1. The van der Waals surface area contributed by atoms with Gasteiger partial charge in [0.2, 0.25) is 0 Å². The van der Waals surface area contributed by atoms with Gasteiger partial charge in [-0.25, -0.2) is 8.42 Å². The van der Waals surface area contributed by atoms with E-state index >= 15 is 0 Å². The van der Waals surface area contributed by atoms with Crippen molar-refractivity contribution in [1.29, 1.82) is 0 Å². The first-order valence-electron chi connectivity index (χ1n) is 7.03. The Morgan fingerprint density at radius 3 is 2.71 bits per heavy atom. The Balaban J connectivity index is 1.65. The Bertz CT molecular complexity index is 658. The van der Waals surface area contributed by atoms with Crippen molar-refractivity contribution in [3.8, 4) is 0 Å². The van der Waals surface area contributed by atoms with Crippen LogP contribution < -0.4 is 5.32 Å². The van der Waals surface area contributed by atoms with Crippen molar-refractivity contribution >= 4 is 25.6 Å². The van der Waals surface area contributed by atoms with Crippen LogP contribution in [0.2, 0.25) is 0 Å². The molecule has 1 heterocycles. The van der Waals surface area contributed by atoms with Crippen LogP contribution in [0.15, 0.2) is 29.2 Å². The second-order valence-corrected chi connectivity index (χ2v) is 8.22. The third-order valence-electron chi connectivity index (χ3n) is 4.00. The second kappa shape index (κ2) is 5.59. The molecule has 5 nitrogen and oxygen atoms in total. The number of carbonyl (C=O) groups is 1. The molecule has 1 aliphatic carbocycles. The van der Waals surface area contributed by atoms with E-state index in [1.807, 2.05) is 0 Å². The molecule has 1 aromatic rings. The van der Waals surface area contributed by atoms with E-state index in [0.717, 1.165) is 19.5 Å². The lowest BCUT2D eigenvalue weighted by Gasteiger charge is -2.15. The van der Waals surface area contributed by atoms with Crippen molar-refractivity contribution in [3.05, 3.63) is 29.8 Å². The molecule has 7 heteroatoms. The maximum Gasteiger partial charge on any atom is 0.261 e. The lowest BCUT2D eigenvalue weighted by atomic mass is 10.2. The number of amides is 1. The number of hydrogen-bond donors (Lipinski definition) is 1. The van der Waals surface area contributed by atoms with Gasteiger partial charge in [-0.2, -0.15) is 0 Å². The summed E-state index contributed by atoms with van der Waals surface area (Å²) in [6.45, 7) is 1.90. The summed E-state index contributed by atoms with van der Waals surface area (Å²) in [4.78, 5) is 14.6. The van der Waals surface area contributed by atoms with E-state index in [1.54, 1.807) is 6.07 Å². The van der Waals surface area contributed by atoms with Crippen LogP contribution in [0.3, 0.4) is 0 Å². The predicted octanol–water partition coefficient (Wildman–Crippen LogP) is 1.58. The molecule has 0 spiro atoms. The van der Waals surface area contributed by atoms with Crippen molar-refractivity contribution in [2.45, 2.75) is 36.2 Å². The smallest absolute Gasteiger partial charge is 0.261 e. The Labute approximate surface area is 128 Å². The van der Waals surface area contributed by atoms with Gasteiger partial charge in [0, 0.05) is 41.4 Å². The van der Waals surface area contributed by atoms with Crippen LogP contribution in [-0.4, -0.2) is 44.4 Å². The molecule has 1 aromatic carbocycles. The number of hydrogen-bond acceptors (Lipinski definition) is 4. The van der Waals surface area contributed by atoms with Crippen molar-refractivity contribution in [3.63, 3.8) is 0 Å². The molecule has 1 unspecified atom stereocenters. The minimum Gasteiger partial charge on any atom is -0.348 e. The summed E-state index contributed by atoms with van der Waals surface area (Å²) in [5.41, 5.74) is 0.321. The normalized spacial score (nSPS) is 23.2.